The van der Waals surface area contributed by atoms with E-state index >= 15 is 0 Å². The Balaban J connectivity index is 2.39. The summed E-state index contributed by atoms with van der Waals surface area (Å²) in [5.41, 5.74) is 5.13. The molecule has 0 aliphatic carbocycles. The van der Waals surface area contributed by atoms with E-state index in [0.29, 0.717) is 0 Å². The van der Waals surface area contributed by atoms with E-state index in [-0.39, 0.29) is 43.2 Å². The molecule has 2 N–H and O–H groups in total. The van der Waals surface area contributed by atoms with E-state index in [1.165, 1.54) is 25.1 Å². The summed E-state index contributed by atoms with van der Waals surface area (Å²) in [6.45, 7) is 1.44. The van der Waals surface area contributed by atoms with Crippen LogP contribution in [-0.4, -0.2) is 14.8 Å². The minimum Gasteiger partial charge on any atom is -0.383 e. The van der Waals surface area contributed by atoms with Crippen molar-refractivity contribution in [1.82, 2.24) is 14.8 Å². The van der Waals surface area contributed by atoms with Crippen molar-refractivity contribution < 1.29 is 13.2 Å². The Morgan fingerprint density at radius 1 is 1.08 bits per heavy atom. The molecule has 0 aliphatic heterocycles. The van der Waals surface area contributed by atoms with Crippen LogP contribution >= 0.6 is 34.8 Å². The highest BCUT2D eigenvalue weighted by Crippen LogP contribution is 2.39. The normalized spacial score (nSPS) is 12.1. The highest BCUT2D eigenvalue weighted by Gasteiger charge is 2.37. The zero-order valence-corrected chi connectivity index (χ0v) is 14.2. The summed E-state index contributed by atoms with van der Waals surface area (Å²) >= 11 is 18.1. The summed E-state index contributed by atoms with van der Waals surface area (Å²) < 4.78 is 40.9. The minimum absolute atomic E-state index is 0.0365. The van der Waals surface area contributed by atoms with Crippen molar-refractivity contribution in [2.24, 2.45) is 0 Å². The van der Waals surface area contributed by atoms with Crippen molar-refractivity contribution in [3.8, 4) is 5.69 Å². The van der Waals surface area contributed by atoms with Crippen molar-refractivity contribution in [1.29, 1.82) is 0 Å². The molecule has 2 heterocycles. The van der Waals surface area contributed by atoms with Crippen LogP contribution in [0.15, 0.2) is 18.2 Å². The van der Waals surface area contributed by atoms with Gasteiger partial charge in [-0.25, -0.2) is 9.67 Å². The third kappa shape index (κ3) is 2.76. The molecule has 0 amide bonds. The van der Waals surface area contributed by atoms with Crippen LogP contribution in [0, 0.1) is 6.92 Å². The molecule has 0 fully saturated rings. The van der Waals surface area contributed by atoms with Crippen LogP contribution in [0.2, 0.25) is 15.1 Å². The minimum atomic E-state index is -4.68. The van der Waals surface area contributed by atoms with Crippen LogP contribution in [-0.2, 0) is 6.18 Å². The van der Waals surface area contributed by atoms with E-state index in [1.54, 1.807) is 0 Å². The summed E-state index contributed by atoms with van der Waals surface area (Å²) in [7, 11) is 0. The number of hydrogen-bond acceptors (Lipinski definition) is 3. The number of rotatable bonds is 1. The average molecular weight is 396 g/mol. The Bertz CT molecular complexity index is 943. The van der Waals surface area contributed by atoms with Gasteiger partial charge >= 0.3 is 6.18 Å². The number of nitrogen functional groups attached to an aromatic ring is 1. The van der Waals surface area contributed by atoms with Gasteiger partial charge < -0.3 is 5.73 Å². The van der Waals surface area contributed by atoms with Crippen LogP contribution in [0.25, 0.3) is 16.6 Å². The number of nitrogens with two attached hydrogens (primary N) is 1. The zero-order chi connectivity index (χ0) is 17.8. The number of alkyl halides is 3. The van der Waals surface area contributed by atoms with E-state index in [9.17, 15) is 13.2 Å². The Labute approximate surface area is 148 Å². The van der Waals surface area contributed by atoms with Gasteiger partial charge in [0.1, 0.15) is 11.5 Å². The van der Waals surface area contributed by atoms with E-state index < -0.39 is 11.9 Å². The topological polar surface area (TPSA) is 56.7 Å². The lowest BCUT2D eigenvalue weighted by molar-refractivity contribution is -0.139. The molecule has 4 nitrogen and oxygen atoms in total. The maximum absolute atomic E-state index is 13.3. The number of halogens is 6. The van der Waals surface area contributed by atoms with Crippen LogP contribution in [0.5, 0.6) is 0 Å². The van der Waals surface area contributed by atoms with Gasteiger partial charge in [0.2, 0.25) is 0 Å². The first-order chi connectivity index (χ1) is 11.1. The number of pyridine rings is 1. The number of aromatic nitrogens is 3. The second-order valence-corrected chi connectivity index (χ2v) is 6.27. The van der Waals surface area contributed by atoms with Gasteiger partial charge in [0, 0.05) is 10.7 Å². The molecule has 0 unspecified atom stereocenters. The number of aryl methyl sites for hydroxylation is 1. The first-order valence-electron chi connectivity index (χ1n) is 6.47. The van der Waals surface area contributed by atoms with Crippen LogP contribution < -0.4 is 5.73 Å². The van der Waals surface area contributed by atoms with Crippen molar-refractivity contribution in [2.75, 3.05) is 5.73 Å². The Hall–Kier alpha value is -1.70. The standard InChI is InChI=1S/C14H8Cl3F3N4/c1-5-2-9-10(12(22-5)14(18,19)20)13(21)24(23-9)11-7(16)3-6(15)4-8(11)17/h2-4H,21H2,1H3. The summed E-state index contributed by atoms with van der Waals surface area (Å²) in [5.74, 6) is -0.268. The molecule has 3 rings (SSSR count). The second kappa shape index (κ2) is 5.68. The number of anilines is 1. The molecule has 0 saturated carbocycles. The quantitative estimate of drug-likeness (QED) is 0.609. The molecule has 10 heteroatoms. The molecule has 1 aromatic carbocycles. The predicted molar refractivity (Wildman–Crippen MR) is 88.0 cm³/mol. The van der Waals surface area contributed by atoms with Crippen LogP contribution in [0.1, 0.15) is 11.4 Å². The van der Waals surface area contributed by atoms with Gasteiger partial charge in [-0.05, 0) is 25.1 Å². The van der Waals surface area contributed by atoms with E-state index in [4.69, 9.17) is 40.5 Å². The van der Waals surface area contributed by atoms with Crippen molar-refractivity contribution in [3.05, 3.63) is 44.7 Å². The number of fused-ring (bicyclic) bond motifs is 1. The van der Waals surface area contributed by atoms with E-state index in [1.807, 2.05) is 0 Å². The lowest BCUT2D eigenvalue weighted by Gasteiger charge is -2.10. The molecule has 0 spiro atoms. The fraction of sp³-hybridized carbons (Fsp3) is 0.143. The molecule has 0 radical (unpaired) electrons. The van der Waals surface area contributed by atoms with E-state index in [2.05, 4.69) is 10.1 Å². The molecular formula is C14H8Cl3F3N4. The molecule has 0 saturated heterocycles. The highest BCUT2D eigenvalue weighted by molar-refractivity contribution is 6.40. The largest absolute Gasteiger partial charge is 0.434 e. The van der Waals surface area contributed by atoms with Gasteiger partial charge in [0.15, 0.2) is 5.69 Å². The smallest absolute Gasteiger partial charge is 0.383 e. The van der Waals surface area contributed by atoms with Crippen molar-refractivity contribution in [3.63, 3.8) is 0 Å². The highest BCUT2D eigenvalue weighted by atomic mass is 35.5. The fourth-order valence-electron chi connectivity index (χ4n) is 2.37. The second-order valence-electron chi connectivity index (χ2n) is 5.02. The first kappa shape index (κ1) is 17.1. The molecule has 0 aliphatic rings. The lowest BCUT2D eigenvalue weighted by Crippen LogP contribution is -2.10. The molecule has 126 valence electrons. The molecule has 0 bridgehead atoms. The fourth-order valence-corrected chi connectivity index (χ4v) is 3.34. The number of hydrogen-bond donors (Lipinski definition) is 1. The predicted octanol–water partition coefficient (Wildman–Crippen LogP) is 5.29. The van der Waals surface area contributed by atoms with Gasteiger partial charge in [0.25, 0.3) is 0 Å². The van der Waals surface area contributed by atoms with Gasteiger partial charge in [-0.15, -0.1) is 0 Å². The van der Waals surface area contributed by atoms with Gasteiger partial charge in [-0.2, -0.15) is 18.3 Å². The molecular weight excluding hydrogens is 388 g/mol. The lowest BCUT2D eigenvalue weighted by atomic mass is 10.2. The van der Waals surface area contributed by atoms with Gasteiger partial charge in [0.05, 0.1) is 20.9 Å². The van der Waals surface area contributed by atoms with Crippen molar-refractivity contribution in [2.45, 2.75) is 13.1 Å². The van der Waals surface area contributed by atoms with Gasteiger partial charge in [-0.1, -0.05) is 34.8 Å². The maximum atomic E-state index is 13.3. The SMILES string of the molecule is Cc1cc2nn(-c3c(Cl)cc(Cl)cc3Cl)c(N)c2c(C(F)(F)F)n1. The molecule has 24 heavy (non-hydrogen) atoms. The Kier molecular flexibility index (Phi) is 4.06. The summed E-state index contributed by atoms with van der Waals surface area (Å²) in [6.07, 6.45) is -4.68. The molecule has 2 aromatic heterocycles. The summed E-state index contributed by atoms with van der Waals surface area (Å²) in [5, 5.41) is 4.28. The third-order valence-electron chi connectivity index (χ3n) is 3.28. The van der Waals surface area contributed by atoms with E-state index in [0.717, 1.165) is 4.68 Å². The van der Waals surface area contributed by atoms with Crippen LogP contribution in [0.3, 0.4) is 0 Å². The Morgan fingerprint density at radius 2 is 1.67 bits per heavy atom. The van der Waals surface area contributed by atoms with Crippen molar-refractivity contribution >= 4 is 51.5 Å². The number of benzene rings is 1. The molecule has 0 atom stereocenters. The summed E-state index contributed by atoms with van der Waals surface area (Å²) in [4.78, 5) is 3.55. The summed E-state index contributed by atoms with van der Waals surface area (Å²) in [6, 6.07) is 4.18. The first-order valence-corrected chi connectivity index (χ1v) is 7.61. The monoisotopic (exact) mass is 394 g/mol. The zero-order valence-electron chi connectivity index (χ0n) is 11.9. The Morgan fingerprint density at radius 3 is 2.21 bits per heavy atom. The number of nitrogens with zero attached hydrogens (tertiary/aromatic N) is 3. The third-order valence-corrected chi connectivity index (χ3v) is 4.08. The van der Waals surface area contributed by atoms with Crippen LogP contribution in [0.4, 0.5) is 19.0 Å². The average Bonchev–Trinajstić information content (AvgIpc) is 2.72. The van der Waals surface area contributed by atoms with Gasteiger partial charge in [-0.3, -0.25) is 0 Å². The molecule has 3 aromatic rings. The maximum Gasteiger partial charge on any atom is 0.434 e.